The molecule has 0 bridgehead atoms. The molecule has 1 saturated carbocycles. The maximum atomic E-state index is 12.4. The van der Waals surface area contributed by atoms with E-state index in [1.807, 2.05) is 24.3 Å². The van der Waals surface area contributed by atoms with Crippen molar-refractivity contribution in [1.82, 2.24) is 13.7 Å². The van der Waals surface area contributed by atoms with E-state index in [2.05, 4.69) is 16.4 Å². The van der Waals surface area contributed by atoms with Crippen LogP contribution in [0.4, 0.5) is 0 Å². The summed E-state index contributed by atoms with van der Waals surface area (Å²) in [7, 11) is -6.67. The Labute approximate surface area is 212 Å². The number of hydrogen-bond donors (Lipinski definition) is 3. The van der Waals surface area contributed by atoms with Gasteiger partial charge < -0.3 is 5.11 Å². The average molecular weight is 530 g/mol. The van der Waals surface area contributed by atoms with Gasteiger partial charge in [0, 0.05) is 26.2 Å². The van der Waals surface area contributed by atoms with Gasteiger partial charge in [-0.1, -0.05) is 37.6 Å². The molecule has 2 aliphatic rings. The minimum absolute atomic E-state index is 0.212. The van der Waals surface area contributed by atoms with Crippen LogP contribution in [0.5, 0.6) is 0 Å². The molecule has 1 aliphatic carbocycles. The van der Waals surface area contributed by atoms with Gasteiger partial charge in [0.05, 0.1) is 10.9 Å². The summed E-state index contributed by atoms with van der Waals surface area (Å²) in [6.07, 6.45) is 6.51. The molecule has 1 heterocycles. The SMILES string of the molecule is CC(CNS(=O)(=O)C(C)C)C1CCC(O)(c2ccc(CCNS(=O)(=O)N3CCCCC3)cc2)CC1. The highest BCUT2D eigenvalue weighted by atomic mass is 32.2. The number of aliphatic hydroxyl groups is 1. The zero-order chi connectivity index (χ0) is 25.7. The fourth-order valence-electron chi connectivity index (χ4n) is 5.06. The number of rotatable bonds is 11. The Balaban J connectivity index is 1.47. The van der Waals surface area contributed by atoms with E-state index in [0.29, 0.717) is 51.4 Å². The van der Waals surface area contributed by atoms with Gasteiger partial charge in [-0.15, -0.1) is 0 Å². The summed E-state index contributed by atoms with van der Waals surface area (Å²) >= 11 is 0. The number of nitrogens with one attached hydrogen (secondary N) is 2. The Kier molecular flexibility index (Phi) is 9.78. The lowest BCUT2D eigenvalue weighted by Crippen LogP contribution is -2.43. The Morgan fingerprint density at radius 1 is 0.971 bits per heavy atom. The van der Waals surface area contributed by atoms with Crippen LogP contribution in [0.25, 0.3) is 0 Å². The maximum Gasteiger partial charge on any atom is 0.279 e. The molecule has 1 atom stereocenters. The minimum atomic E-state index is -3.41. The Hall–Kier alpha value is -1.04. The van der Waals surface area contributed by atoms with Gasteiger partial charge in [0.25, 0.3) is 10.2 Å². The first kappa shape index (κ1) is 28.5. The molecule has 1 saturated heterocycles. The number of benzene rings is 1. The van der Waals surface area contributed by atoms with Gasteiger partial charge in [0.2, 0.25) is 10.0 Å². The molecular weight excluding hydrogens is 486 g/mol. The van der Waals surface area contributed by atoms with Crippen LogP contribution in [0.2, 0.25) is 0 Å². The van der Waals surface area contributed by atoms with E-state index in [4.69, 9.17) is 0 Å². The van der Waals surface area contributed by atoms with Crippen molar-refractivity contribution in [1.29, 1.82) is 0 Å². The third-order valence-electron chi connectivity index (χ3n) is 7.73. The van der Waals surface area contributed by atoms with E-state index in [-0.39, 0.29) is 5.92 Å². The lowest BCUT2D eigenvalue weighted by Gasteiger charge is -2.38. The van der Waals surface area contributed by atoms with Crippen LogP contribution in [0.3, 0.4) is 0 Å². The second-order valence-electron chi connectivity index (χ2n) is 10.6. The first-order valence-electron chi connectivity index (χ1n) is 13.0. The van der Waals surface area contributed by atoms with Gasteiger partial charge in [-0.25, -0.2) is 17.9 Å². The van der Waals surface area contributed by atoms with Crippen LogP contribution >= 0.6 is 0 Å². The van der Waals surface area contributed by atoms with Crippen molar-refractivity contribution in [2.24, 2.45) is 11.8 Å². The van der Waals surface area contributed by atoms with Gasteiger partial charge in [-0.2, -0.15) is 12.7 Å². The quantitative estimate of drug-likeness (QED) is 0.408. The second-order valence-corrected chi connectivity index (χ2v) is 14.7. The van der Waals surface area contributed by atoms with Crippen molar-refractivity contribution in [3.8, 4) is 0 Å². The first-order valence-corrected chi connectivity index (χ1v) is 16.0. The van der Waals surface area contributed by atoms with Crippen LogP contribution in [-0.2, 0) is 32.3 Å². The molecule has 3 rings (SSSR count). The number of sulfonamides is 1. The van der Waals surface area contributed by atoms with Crippen molar-refractivity contribution in [2.75, 3.05) is 26.2 Å². The van der Waals surface area contributed by atoms with E-state index < -0.39 is 31.1 Å². The monoisotopic (exact) mass is 529 g/mol. The summed E-state index contributed by atoms with van der Waals surface area (Å²) in [5.74, 6) is 0.585. The standard InChI is InChI=1S/C25H43N3O5S2/c1-20(2)34(30,31)27-19-21(3)23-11-14-25(29,15-12-23)24-9-7-22(8-10-24)13-16-26-35(32,33)28-17-5-4-6-18-28/h7-10,20-21,23,26-27,29H,4-6,11-19H2,1-3H3. The molecular formula is C25H43N3O5S2. The van der Waals surface area contributed by atoms with Crippen molar-refractivity contribution in [3.05, 3.63) is 35.4 Å². The van der Waals surface area contributed by atoms with Crippen LogP contribution in [-0.4, -0.2) is 57.7 Å². The highest BCUT2D eigenvalue weighted by molar-refractivity contribution is 7.90. The van der Waals surface area contributed by atoms with Gasteiger partial charge in [-0.3, -0.25) is 0 Å². The van der Waals surface area contributed by atoms with E-state index in [1.54, 1.807) is 13.8 Å². The highest BCUT2D eigenvalue weighted by Gasteiger charge is 2.36. The van der Waals surface area contributed by atoms with Crippen molar-refractivity contribution < 1.29 is 21.9 Å². The summed E-state index contributed by atoms with van der Waals surface area (Å²) in [4.78, 5) is 0. The Morgan fingerprint density at radius 2 is 1.57 bits per heavy atom. The van der Waals surface area contributed by atoms with E-state index in [0.717, 1.165) is 43.2 Å². The Morgan fingerprint density at radius 3 is 2.14 bits per heavy atom. The van der Waals surface area contributed by atoms with E-state index >= 15 is 0 Å². The largest absolute Gasteiger partial charge is 0.385 e. The predicted molar refractivity (Wildman–Crippen MR) is 140 cm³/mol. The lowest BCUT2D eigenvalue weighted by atomic mass is 9.71. The van der Waals surface area contributed by atoms with Crippen molar-refractivity contribution in [2.45, 2.75) is 83.0 Å². The van der Waals surface area contributed by atoms with Crippen molar-refractivity contribution >= 4 is 20.2 Å². The summed E-state index contributed by atoms with van der Waals surface area (Å²) in [6, 6.07) is 7.85. The molecule has 0 aromatic heterocycles. The Bertz CT molecular complexity index is 1010. The lowest BCUT2D eigenvalue weighted by molar-refractivity contribution is -0.0207. The molecule has 1 aliphatic heterocycles. The summed E-state index contributed by atoms with van der Waals surface area (Å²) in [5.41, 5.74) is 1.04. The summed E-state index contributed by atoms with van der Waals surface area (Å²) in [5, 5.41) is 10.8. The number of piperidine rings is 1. The molecule has 1 aromatic carbocycles. The fourth-order valence-corrected chi connectivity index (χ4v) is 7.17. The van der Waals surface area contributed by atoms with Gasteiger partial charge in [0.15, 0.2) is 0 Å². The molecule has 200 valence electrons. The zero-order valence-electron chi connectivity index (χ0n) is 21.4. The molecule has 8 nitrogen and oxygen atoms in total. The predicted octanol–water partition coefficient (Wildman–Crippen LogP) is 2.89. The molecule has 3 N–H and O–H groups in total. The number of hydrogen-bond acceptors (Lipinski definition) is 5. The first-order chi connectivity index (χ1) is 16.4. The average Bonchev–Trinajstić information content (AvgIpc) is 2.84. The van der Waals surface area contributed by atoms with Crippen LogP contribution < -0.4 is 9.44 Å². The molecule has 0 radical (unpaired) electrons. The van der Waals surface area contributed by atoms with Crippen molar-refractivity contribution in [3.63, 3.8) is 0 Å². The highest BCUT2D eigenvalue weighted by Crippen LogP contribution is 2.41. The molecule has 10 heteroatoms. The molecule has 1 unspecified atom stereocenters. The second kappa shape index (κ2) is 12.0. The molecule has 2 fully saturated rings. The van der Waals surface area contributed by atoms with Gasteiger partial charge >= 0.3 is 0 Å². The molecule has 35 heavy (non-hydrogen) atoms. The van der Waals surface area contributed by atoms with E-state index in [9.17, 15) is 21.9 Å². The smallest absolute Gasteiger partial charge is 0.279 e. The normalized spacial score (nSPS) is 25.6. The summed E-state index contributed by atoms with van der Waals surface area (Å²) < 4.78 is 55.9. The number of nitrogens with zero attached hydrogens (tertiary/aromatic N) is 1. The van der Waals surface area contributed by atoms with Crippen LogP contribution in [0.15, 0.2) is 24.3 Å². The van der Waals surface area contributed by atoms with Crippen LogP contribution in [0, 0.1) is 11.8 Å². The molecule has 0 amide bonds. The zero-order valence-corrected chi connectivity index (χ0v) is 23.0. The topological polar surface area (TPSA) is 116 Å². The van der Waals surface area contributed by atoms with Crippen LogP contribution in [0.1, 0.15) is 76.8 Å². The van der Waals surface area contributed by atoms with Gasteiger partial charge in [0.1, 0.15) is 0 Å². The molecule has 0 spiro atoms. The van der Waals surface area contributed by atoms with Gasteiger partial charge in [-0.05, 0) is 81.8 Å². The minimum Gasteiger partial charge on any atom is -0.385 e. The fraction of sp³-hybridized carbons (Fsp3) is 0.760. The summed E-state index contributed by atoms with van der Waals surface area (Å²) in [6.45, 7) is 7.39. The third-order valence-corrected chi connectivity index (χ3v) is 11.2. The molecule has 1 aromatic rings. The maximum absolute atomic E-state index is 12.4. The van der Waals surface area contributed by atoms with E-state index in [1.165, 1.54) is 4.31 Å². The third kappa shape index (κ3) is 7.72.